The van der Waals surface area contributed by atoms with Gasteiger partial charge in [-0.3, -0.25) is 9.59 Å². The van der Waals surface area contributed by atoms with Gasteiger partial charge in [-0.15, -0.1) is 0 Å². The van der Waals surface area contributed by atoms with Crippen molar-refractivity contribution < 1.29 is 14.0 Å². The first-order valence-corrected chi connectivity index (χ1v) is 10.9. The van der Waals surface area contributed by atoms with Crippen molar-refractivity contribution in [2.45, 2.75) is 39.0 Å². The van der Waals surface area contributed by atoms with E-state index in [-0.39, 0.29) is 23.5 Å². The second kappa shape index (κ2) is 8.58. The summed E-state index contributed by atoms with van der Waals surface area (Å²) >= 11 is 0. The highest BCUT2D eigenvalue weighted by Gasteiger charge is 2.45. The van der Waals surface area contributed by atoms with E-state index in [0.717, 1.165) is 43.4 Å². The highest BCUT2D eigenvalue weighted by atomic mass is 19.1. The quantitative estimate of drug-likeness (QED) is 0.779. The zero-order valence-corrected chi connectivity index (χ0v) is 17.5. The molecule has 2 aromatic rings. The van der Waals surface area contributed by atoms with E-state index < -0.39 is 5.41 Å². The lowest BCUT2D eigenvalue weighted by atomic mass is 9.74. The Morgan fingerprint density at radius 3 is 2.53 bits per heavy atom. The van der Waals surface area contributed by atoms with Gasteiger partial charge in [-0.25, -0.2) is 4.39 Å². The van der Waals surface area contributed by atoms with Gasteiger partial charge in [0.2, 0.25) is 11.8 Å². The van der Waals surface area contributed by atoms with Crippen molar-refractivity contribution in [1.82, 2.24) is 10.2 Å². The molecule has 1 saturated carbocycles. The van der Waals surface area contributed by atoms with Gasteiger partial charge in [0.05, 0.1) is 5.41 Å². The van der Waals surface area contributed by atoms with Crippen molar-refractivity contribution >= 4 is 11.8 Å². The summed E-state index contributed by atoms with van der Waals surface area (Å²) in [4.78, 5) is 27.7. The zero-order chi connectivity index (χ0) is 21.1. The molecule has 1 aliphatic heterocycles. The van der Waals surface area contributed by atoms with Gasteiger partial charge in [-0.1, -0.05) is 42.5 Å². The standard InChI is InChI=1S/C25H29FN2O2/c1-2-27-24(30)25(14-5-15-28(17-25)23(29)20-12-13-20)16-18-8-10-19(11-9-18)21-6-3-4-7-22(21)26/h3-4,6-11,20H,2,5,12-17H2,1H3,(H,27,30)/t25-/m0/s1. The van der Waals surface area contributed by atoms with Gasteiger partial charge in [-0.05, 0) is 56.2 Å². The third-order valence-electron chi connectivity index (χ3n) is 6.32. The highest BCUT2D eigenvalue weighted by Crippen LogP contribution is 2.38. The van der Waals surface area contributed by atoms with Crippen molar-refractivity contribution in [3.63, 3.8) is 0 Å². The van der Waals surface area contributed by atoms with E-state index in [1.807, 2.05) is 42.2 Å². The van der Waals surface area contributed by atoms with Crippen LogP contribution in [0.25, 0.3) is 11.1 Å². The second-order valence-electron chi connectivity index (χ2n) is 8.63. The molecule has 0 radical (unpaired) electrons. The molecule has 1 aliphatic carbocycles. The van der Waals surface area contributed by atoms with Crippen LogP contribution in [0, 0.1) is 17.2 Å². The first kappa shape index (κ1) is 20.6. The van der Waals surface area contributed by atoms with Gasteiger partial charge in [0.25, 0.3) is 0 Å². The van der Waals surface area contributed by atoms with Crippen LogP contribution in [-0.2, 0) is 16.0 Å². The molecule has 4 rings (SSSR count). The molecule has 0 aromatic heterocycles. The molecular formula is C25H29FN2O2. The van der Waals surface area contributed by atoms with Crippen LogP contribution in [0.2, 0.25) is 0 Å². The Balaban J connectivity index is 1.56. The third-order valence-corrected chi connectivity index (χ3v) is 6.32. The molecule has 0 spiro atoms. The Morgan fingerprint density at radius 2 is 1.87 bits per heavy atom. The fourth-order valence-electron chi connectivity index (χ4n) is 4.55. The van der Waals surface area contributed by atoms with E-state index in [4.69, 9.17) is 0 Å². The summed E-state index contributed by atoms with van der Waals surface area (Å²) < 4.78 is 14.1. The minimum atomic E-state index is -0.613. The molecule has 1 atom stereocenters. The number of carbonyl (C=O) groups is 2. The maximum Gasteiger partial charge on any atom is 0.228 e. The number of hydrogen-bond donors (Lipinski definition) is 1. The average Bonchev–Trinajstić information content (AvgIpc) is 3.60. The molecule has 2 aromatic carbocycles. The van der Waals surface area contributed by atoms with Crippen molar-refractivity contribution in [3.05, 3.63) is 59.9 Å². The summed E-state index contributed by atoms with van der Waals surface area (Å²) in [5.74, 6) is 0.149. The summed E-state index contributed by atoms with van der Waals surface area (Å²) in [6, 6.07) is 14.5. The van der Waals surface area contributed by atoms with E-state index in [1.54, 1.807) is 12.1 Å². The lowest BCUT2D eigenvalue weighted by Crippen LogP contribution is -2.54. The van der Waals surface area contributed by atoms with E-state index in [1.165, 1.54) is 6.07 Å². The number of hydrogen-bond acceptors (Lipinski definition) is 2. The number of nitrogens with zero attached hydrogens (tertiary/aromatic N) is 1. The minimum absolute atomic E-state index is 0.0245. The first-order valence-electron chi connectivity index (χ1n) is 10.9. The fraction of sp³-hybridized carbons (Fsp3) is 0.440. The van der Waals surface area contributed by atoms with Crippen LogP contribution in [0.5, 0.6) is 0 Å². The maximum absolute atomic E-state index is 14.1. The largest absolute Gasteiger partial charge is 0.356 e. The second-order valence-corrected chi connectivity index (χ2v) is 8.63. The van der Waals surface area contributed by atoms with Crippen molar-refractivity contribution in [3.8, 4) is 11.1 Å². The number of halogens is 1. The van der Waals surface area contributed by atoms with Gasteiger partial charge >= 0.3 is 0 Å². The molecule has 2 fully saturated rings. The average molecular weight is 409 g/mol. The SMILES string of the molecule is CCNC(=O)[C@]1(Cc2ccc(-c3ccccc3F)cc2)CCCN(C(=O)C2CC2)C1. The highest BCUT2D eigenvalue weighted by molar-refractivity contribution is 5.86. The molecule has 1 saturated heterocycles. The summed E-state index contributed by atoms with van der Waals surface area (Å²) in [5.41, 5.74) is 1.81. The van der Waals surface area contributed by atoms with Gasteiger partial charge in [0.1, 0.15) is 5.82 Å². The topological polar surface area (TPSA) is 49.4 Å². The van der Waals surface area contributed by atoms with Gasteiger partial charge in [0.15, 0.2) is 0 Å². The van der Waals surface area contributed by atoms with Gasteiger partial charge < -0.3 is 10.2 Å². The molecule has 2 aliphatic rings. The lowest BCUT2D eigenvalue weighted by molar-refractivity contribution is -0.142. The maximum atomic E-state index is 14.1. The Labute approximate surface area is 177 Å². The number of benzene rings is 2. The van der Waals surface area contributed by atoms with Crippen LogP contribution < -0.4 is 5.32 Å². The molecular weight excluding hydrogens is 379 g/mol. The summed E-state index contributed by atoms with van der Waals surface area (Å²) in [5, 5.41) is 3.00. The summed E-state index contributed by atoms with van der Waals surface area (Å²) in [6.07, 6.45) is 4.12. The Bertz CT molecular complexity index is 923. The van der Waals surface area contributed by atoms with Crippen LogP contribution in [0.3, 0.4) is 0 Å². The Kier molecular flexibility index (Phi) is 5.89. The molecule has 0 bridgehead atoms. The van der Waals surface area contributed by atoms with Crippen molar-refractivity contribution in [2.75, 3.05) is 19.6 Å². The van der Waals surface area contributed by atoms with E-state index in [0.29, 0.717) is 25.1 Å². The van der Waals surface area contributed by atoms with Crippen LogP contribution in [0.1, 0.15) is 38.2 Å². The van der Waals surface area contributed by atoms with Crippen molar-refractivity contribution in [2.24, 2.45) is 11.3 Å². The molecule has 2 amide bonds. The number of likely N-dealkylation sites (tertiary alicyclic amines) is 1. The molecule has 30 heavy (non-hydrogen) atoms. The number of nitrogens with one attached hydrogen (secondary N) is 1. The number of rotatable bonds is 6. The molecule has 0 unspecified atom stereocenters. The predicted octanol–water partition coefficient (Wildman–Crippen LogP) is 4.19. The smallest absolute Gasteiger partial charge is 0.228 e. The molecule has 5 heteroatoms. The first-order chi connectivity index (χ1) is 14.5. The number of amides is 2. The Hall–Kier alpha value is -2.69. The normalized spacial score (nSPS) is 21.3. The predicted molar refractivity (Wildman–Crippen MR) is 115 cm³/mol. The Morgan fingerprint density at radius 1 is 1.13 bits per heavy atom. The third kappa shape index (κ3) is 4.25. The van der Waals surface area contributed by atoms with E-state index in [9.17, 15) is 14.0 Å². The molecule has 4 nitrogen and oxygen atoms in total. The van der Waals surface area contributed by atoms with Crippen molar-refractivity contribution in [1.29, 1.82) is 0 Å². The number of carbonyl (C=O) groups excluding carboxylic acids is 2. The van der Waals surface area contributed by atoms with Gasteiger partial charge in [-0.2, -0.15) is 0 Å². The minimum Gasteiger partial charge on any atom is -0.356 e. The fourth-order valence-corrected chi connectivity index (χ4v) is 4.55. The lowest BCUT2D eigenvalue weighted by Gasteiger charge is -2.42. The molecule has 158 valence electrons. The molecule has 1 heterocycles. The van der Waals surface area contributed by atoms with Crippen LogP contribution in [0.4, 0.5) is 4.39 Å². The van der Waals surface area contributed by atoms with Crippen LogP contribution in [-0.4, -0.2) is 36.3 Å². The zero-order valence-electron chi connectivity index (χ0n) is 17.5. The number of piperidine rings is 1. The summed E-state index contributed by atoms with van der Waals surface area (Å²) in [7, 11) is 0. The monoisotopic (exact) mass is 408 g/mol. The van der Waals surface area contributed by atoms with E-state index in [2.05, 4.69) is 5.32 Å². The van der Waals surface area contributed by atoms with Crippen LogP contribution in [0.15, 0.2) is 48.5 Å². The van der Waals surface area contributed by atoms with E-state index >= 15 is 0 Å². The summed E-state index contributed by atoms with van der Waals surface area (Å²) in [6.45, 7) is 3.71. The van der Waals surface area contributed by atoms with Crippen LogP contribution >= 0.6 is 0 Å². The van der Waals surface area contributed by atoms with Gasteiger partial charge in [0, 0.05) is 31.1 Å². The molecule has 1 N–H and O–H groups in total.